The van der Waals surface area contributed by atoms with Crippen LogP contribution >= 0.6 is 0 Å². The molecule has 2 aromatic rings. The van der Waals surface area contributed by atoms with E-state index in [1.807, 2.05) is 24.5 Å². The Balaban J connectivity index is 1.46. The molecule has 1 fully saturated rings. The number of carbonyl (C=O) groups excluding carboxylic acids is 3. The molecule has 0 spiro atoms. The van der Waals surface area contributed by atoms with Gasteiger partial charge in [-0.2, -0.15) is 0 Å². The molecule has 1 amide bonds. The van der Waals surface area contributed by atoms with E-state index in [4.69, 9.17) is 4.74 Å². The molecule has 1 N–H and O–H groups in total. The van der Waals surface area contributed by atoms with Gasteiger partial charge in [0.2, 0.25) is 11.7 Å². The topological polar surface area (TPSA) is 80.6 Å². The molecule has 0 radical (unpaired) electrons. The van der Waals surface area contributed by atoms with E-state index in [2.05, 4.69) is 16.8 Å². The van der Waals surface area contributed by atoms with Crippen molar-refractivity contribution >= 4 is 29.0 Å². The van der Waals surface area contributed by atoms with Gasteiger partial charge in [-0.3, -0.25) is 9.59 Å². The maximum Gasteiger partial charge on any atom is 0.338 e. The van der Waals surface area contributed by atoms with Crippen molar-refractivity contribution in [2.24, 2.45) is 0 Å². The van der Waals surface area contributed by atoms with E-state index in [1.165, 1.54) is 0 Å². The number of carbonyl (C=O) groups is 3. The summed E-state index contributed by atoms with van der Waals surface area (Å²) in [5.41, 5.74) is 4.14. The van der Waals surface area contributed by atoms with Crippen LogP contribution in [0.3, 0.4) is 0 Å². The first-order chi connectivity index (χ1) is 14.4. The summed E-state index contributed by atoms with van der Waals surface area (Å²) in [5.74, 6) is -0.891. The van der Waals surface area contributed by atoms with Gasteiger partial charge in [0.15, 0.2) is 6.61 Å². The first-order valence-electron chi connectivity index (χ1n) is 10.1. The molecule has 1 atom stereocenters. The second-order valence-electron chi connectivity index (χ2n) is 7.76. The number of rotatable bonds is 6. The summed E-state index contributed by atoms with van der Waals surface area (Å²) < 4.78 is 7.25. The molecule has 7 heteroatoms. The van der Waals surface area contributed by atoms with E-state index in [1.54, 1.807) is 24.3 Å². The Morgan fingerprint density at radius 1 is 1.30 bits per heavy atom. The van der Waals surface area contributed by atoms with Gasteiger partial charge >= 0.3 is 5.97 Å². The van der Waals surface area contributed by atoms with Crippen molar-refractivity contribution < 1.29 is 19.1 Å². The second-order valence-corrected chi connectivity index (χ2v) is 7.76. The van der Waals surface area contributed by atoms with Crippen LogP contribution in [-0.4, -0.2) is 41.4 Å². The van der Waals surface area contributed by atoms with Gasteiger partial charge in [0.05, 0.1) is 16.9 Å². The summed E-state index contributed by atoms with van der Waals surface area (Å²) in [6.07, 6.45) is 3.58. The maximum absolute atomic E-state index is 12.6. The number of hydrogen-bond donors (Lipinski definition) is 1. The van der Waals surface area contributed by atoms with Crippen molar-refractivity contribution in [1.29, 1.82) is 0 Å². The average Bonchev–Trinajstić information content (AvgIpc) is 3.33. The Labute approximate surface area is 175 Å². The van der Waals surface area contributed by atoms with E-state index in [9.17, 15) is 14.4 Å². The van der Waals surface area contributed by atoms with Gasteiger partial charge in [-0.1, -0.05) is 6.08 Å². The Bertz CT molecular complexity index is 1050. The molecule has 30 heavy (non-hydrogen) atoms. The molecule has 1 aromatic carbocycles. The number of anilines is 2. The summed E-state index contributed by atoms with van der Waals surface area (Å²) in [6, 6.07) is 6.79. The standard InChI is InChI=1S/C23H25N3O4/c1-4-9-25-14(2)11-17(15(25)3)21(27)13-30-23(29)16-7-8-19-18(12-16)24-22(28)20-6-5-10-26(19)20/h4,7-8,11-12,20H,1,5-6,9-10,13H2,2-3H3,(H,24,28)/t20-/m1/s1. The Morgan fingerprint density at radius 3 is 2.87 bits per heavy atom. The largest absolute Gasteiger partial charge is 0.454 e. The lowest BCUT2D eigenvalue weighted by molar-refractivity contribution is -0.117. The molecule has 3 heterocycles. The van der Waals surface area contributed by atoms with Crippen molar-refractivity contribution in [2.45, 2.75) is 39.3 Å². The number of esters is 1. The monoisotopic (exact) mass is 407 g/mol. The number of allylic oxidation sites excluding steroid dienone is 1. The van der Waals surface area contributed by atoms with Crippen molar-refractivity contribution in [3.8, 4) is 0 Å². The van der Waals surface area contributed by atoms with Crippen molar-refractivity contribution in [3.63, 3.8) is 0 Å². The van der Waals surface area contributed by atoms with E-state index in [0.717, 1.165) is 36.5 Å². The highest BCUT2D eigenvalue weighted by Crippen LogP contribution is 2.37. The molecule has 2 aliphatic heterocycles. The van der Waals surface area contributed by atoms with Crippen LogP contribution in [0.1, 0.15) is 44.9 Å². The lowest BCUT2D eigenvalue weighted by Gasteiger charge is -2.33. The predicted octanol–water partition coefficient (Wildman–Crippen LogP) is 3.25. The summed E-state index contributed by atoms with van der Waals surface area (Å²) in [6.45, 7) is 8.62. The number of nitrogens with one attached hydrogen (secondary N) is 1. The Hall–Kier alpha value is -3.35. The van der Waals surface area contributed by atoms with Gasteiger partial charge in [0, 0.05) is 30.0 Å². The minimum Gasteiger partial charge on any atom is -0.454 e. The summed E-state index contributed by atoms with van der Waals surface area (Å²) in [7, 11) is 0. The molecule has 0 bridgehead atoms. The fraction of sp³-hybridized carbons (Fsp3) is 0.348. The summed E-state index contributed by atoms with van der Waals surface area (Å²) >= 11 is 0. The van der Waals surface area contributed by atoms with Gasteiger partial charge in [0.1, 0.15) is 6.04 Å². The van der Waals surface area contributed by atoms with Crippen LogP contribution < -0.4 is 10.2 Å². The molecule has 0 aliphatic carbocycles. The predicted molar refractivity (Wildman–Crippen MR) is 114 cm³/mol. The van der Waals surface area contributed by atoms with E-state index >= 15 is 0 Å². The Morgan fingerprint density at radius 2 is 2.10 bits per heavy atom. The lowest BCUT2D eigenvalue weighted by atomic mass is 10.1. The molecular formula is C23H25N3O4. The van der Waals surface area contributed by atoms with Crippen LogP contribution in [0.5, 0.6) is 0 Å². The van der Waals surface area contributed by atoms with E-state index in [0.29, 0.717) is 23.4 Å². The third kappa shape index (κ3) is 3.40. The second kappa shape index (κ2) is 7.82. The van der Waals surface area contributed by atoms with Gasteiger partial charge in [0.25, 0.3) is 0 Å². The molecule has 0 unspecified atom stereocenters. The number of benzene rings is 1. The van der Waals surface area contributed by atoms with E-state index in [-0.39, 0.29) is 24.3 Å². The van der Waals surface area contributed by atoms with Gasteiger partial charge in [-0.25, -0.2) is 4.79 Å². The van der Waals surface area contributed by atoms with Crippen LogP contribution in [0.4, 0.5) is 11.4 Å². The molecule has 0 saturated carbocycles. The van der Waals surface area contributed by atoms with E-state index < -0.39 is 5.97 Å². The number of amides is 1. The molecule has 2 aliphatic rings. The molecule has 1 aromatic heterocycles. The molecule has 1 saturated heterocycles. The quantitative estimate of drug-likeness (QED) is 0.452. The number of aromatic nitrogens is 1. The molecule has 156 valence electrons. The molecule has 7 nitrogen and oxygen atoms in total. The highest BCUT2D eigenvalue weighted by molar-refractivity contribution is 6.06. The van der Waals surface area contributed by atoms with Crippen molar-refractivity contribution in [3.05, 3.63) is 59.4 Å². The highest BCUT2D eigenvalue weighted by atomic mass is 16.5. The maximum atomic E-state index is 12.6. The molecular weight excluding hydrogens is 382 g/mol. The smallest absolute Gasteiger partial charge is 0.338 e. The van der Waals surface area contributed by atoms with Gasteiger partial charge in [-0.15, -0.1) is 6.58 Å². The number of aryl methyl sites for hydroxylation is 1. The minimum absolute atomic E-state index is 0.0458. The first kappa shape index (κ1) is 19.9. The number of ketones is 1. The zero-order valence-electron chi connectivity index (χ0n) is 17.2. The zero-order valence-corrected chi connectivity index (χ0v) is 17.2. The van der Waals surface area contributed by atoms with Gasteiger partial charge < -0.3 is 19.5 Å². The number of nitrogens with zero attached hydrogens (tertiary/aromatic N) is 2. The van der Waals surface area contributed by atoms with Crippen molar-refractivity contribution in [1.82, 2.24) is 4.57 Å². The SMILES string of the molecule is C=CCn1c(C)cc(C(=O)COC(=O)c2ccc3c(c2)NC(=O)[C@H]2CCCN32)c1C. The van der Waals surface area contributed by atoms with Crippen LogP contribution in [0, 0.1) is 13.8 Å². The minimum atomic E-state index is -0.594. The third-order valence-electron chi connectivity index (χ3n) is 5.88. The molecule has 4 rings (SSSR count). The summed E-state index contributed by atoms with van der Waals surface area (Å²) in [4.78, 5) is 39.5. The number of hydrogen-bond acceptors (Lipinski definition) is 5. The van der Waals surface area contributed by atoms with Crippen LogP contribution in [0.25, 0.3) is 0 Å². The summed E-state index contributed by atoms with van der Waals surface area (Å²) in [5, 5.41) is 2.88. The fourth-order valence-electron chi connectivity index (χ4n) is 4.34. The third-order valence-corrected chi connectivity index (χ3v) is 5.88. The fourth-order valence-corrected chi connectivity index (χ4v) is 4.34. The number of fused-ring (bicyclic) bond motifs is 3. The number of Topliss-reactive ketones (excluding diaryl/α,β-unsaturated/α-hetero) is 1. The Kier molecular flexibility index (Phi) is 5.20. The van der Waals surface area contributed by atoms with Crippen LogP contribution in [0.2, 0.25) is 0 Å². The first-order valence-corrected chi connectivity index (χ1v) is 10.1. The average molecular weight is 407 g/mol. The lowest BCUT2D eigenvalue weighted by Crippen LogP contribution is -2.43. The van der Waals surface area contributed by atoms with Gasteiger partial charge in [-0.05, 0) is 51.0 Å². The highest BCUT2D eigenvalue weighted by Gasteiger charge is 2.36. The zero-order chi connectivity index (χ0) is 21.4. The van der Waals surface area contributed by atoms with Crippen LogP contribution in [-0.2, 0) is 16.1 Å². The van der Waals surface area contributed by atoms with Crippen molar-refractivity contribution in [2.75, 3.05) is 23.4 Å². The number of ether oxygens (including phenoxy) is 1. The normalized spacial score (nSPS) is 17.2. The van der Waals surface area contributed by atoms with Crippen LogP contribution in [0.15, 0.2) is 36.9 Å².